The summed E-state index contributed by atoms with van der Waals surface area (Å²) in [6.45, 7) is 7.45. The van der Waals surface area contributed by atoms with Crippen molar-refractivity contribution in [2.45, 2.75) is 32.9 Å². The summed E-state index contributed by atoms with van der Waals surface area (Å²) >= 11 is 0. The molecule has 1 fully saturated rings. The van der Waals surface area contributed by atoms with Crippen LogP contribution in [0.3, 0.4) is 0 Å². The lowest BCUT2D eigenvalue weighted by Crippen LogP contribution is -2.40. The molecule has 2 aromatic rings. The van der Waals surface area contributed by atoms with Crippen molar-refractivity contribution >= 4 is 0 Å². The van der Waals surface area contributed by atoms with Gasteiger partial charge in [0, 0.05) is 37.6 Å². The SMILES string of the molecule is CCc1noc(C)c1CN1CCOC[C@@H]1c1cccn1C. The molecule has 5 heteroatoms. The second-order valence-electron chi connectivity index (χ2n) is 5.62. The molecule has 0 aromatic carbocycles. The second-order valence-corrected chi connectivity index (χ2v) is 5.62. The Morgan fingerprint density at radius 2 is 2.29 bits per heavy atom. The first-order valence-corrected chi connectivity index (χ1v) is 7.57. The topological polar surface area (TPSA) is 43.4 Å². The van der Waals surface area contributed by atoms with E-state index >= 15 is 0 Å². The van der Waals surface area contributed by atoms with Crippen molar-refractivity contribution in [3.05, 3.63) is 41.0 Å². The van der Waals surface area contributed by atoms with Crippen LogP contribution in [0, 0.1) is 6.92 Å². The molecular weight excluding hydrogens is 266 g/mol. The fourth-order valence-corrected chi connectivity index (χ4v) is 3.04. The lowest BCUT2D eigenvalue weighted by molar-refractivity contribution is -0.0154. The average Bonchev–Trinajstić information content (AvgIpc) is 3.07. The molecule has 1 saturated heterocycles. The summed E-state index contributed by atoms with van der Waals surface area (Å²) in [4.78, 5) is 2.47. The third-order valence-corrected chi connectivity index (χ3v) is 4.33. The van der Waals surface area contributed by atoms with Gasteiger partial charge in [-0.15, -0.1) is 0 Å². The van der Waals surface area contributed by atoms with Gasteiger partial charge in [-0.2, -0.15) is 0 Å². The van der Waals surface area contributed by atoms with Crippen LogP contribution < -0.4 is 0 Å². The third kappa shape index (κ3) is 2.76. The average molecular weight is 289 g/mol. The summed E-state index contributed by atoms with van der Waals surface area (Å²) in [7, 11) is 2.09. The standard InChI is InChI=1S/C16H23N3O2/c1-4-14-13(12(2)21-17-14)10-19-8-9-20-11-16(19)15-6-5-7-18(15)3/h5-7,16H,4,8-11H2,1-3H3/t16-/m1/s1. The van der Waals surface area contributed by atoms with Crippen LogP contribution in [0.5, 0.6) is 0 Å². The third-order valence-electron chi connectivity index (χ3n) is 4.33. The van der Waals surface area contributed by atoms with Crippen LogP contribution in [0.15, 0.2) is 22.9 Å². The molecular formula is C16H23N3O2. The first-order valence-electron chi connectivity index (χ1n) is 7.57. The van der Waals surface area contributed by atoms with E-state index in [0.29, 0.717) is 0 Å². The molecule has 2 aromatic heterocycles. The highest BCUT2D eigenvalue weighted by atomic mass is 16.5. The van der Waals surface area contributed by atoms with Gasteiger partial charge in [0.25, 0.3) is 0 Å². The molecule has 5 nitrogen and oxygen atoms in total. The van der Waals surface area contributed by atoms with Crippen molar-refractivity contribution in [2.24, 2.45) is 7.05 Å². The summed E-state index contributed by atoms with van der Waals surface area (Å²) in [6, 6.07) is 4.55. The lowest BCUT2D eigenvalue weighted by Gasteiger charge is -2.35. The molecule has 3 rings (SSSR count). The minimum absolute atomic E-state index is 0.290. The van der Waals surface area contributed by atoms with Gasteiger partial charge in [0.15, 0.2) is 0 Å². The minimum Gasteiger partial charge on any atom is -0.378 e. The van der Waals surface area contributed by atoms with E-state index in [2.05, 4.69) is 46.9 Å². The van der Waals surface area contributed by atoms with E-state index in [0.717, 1.165) is 44.2 Å². The highest BCUT2D eigenvalue weighted by molar-refractivity contribution is 5.23. The number of hydrogen-bond donors (Lipinski definition) is 0. The maximum absolute atomic E-state index is 5.70. The van der Waals surface area contributed by atoms with E-state index in [1.165, 1.54) is 11.3 Å². The normalized spacial score (nSPS) is 20.0. The van der Waals surface area contributed by atoms with E-state index in [9.17, 15) is 0 Å². The molecule has 1 aliphatic rings. The summed E-state index contributed by atoms with van der Waals surface area (Å²) in [5, 5.41) is 4.17. The van der Waals surface area contributed by atoms with Gasteiger partial charge in [-0.25, -0.2) is 0 Å². The zero-order chi connectivity index (χ0) is 14.8. The number of rotatable bonds is 4. The maximum Gasteiger partial charge on any atom is 0.138 e. The Labute approximate surface area is 125 Å². The van der Waals surface area contributed by atoms with E-state index in [1.807, 2.05) is 6.92 Å². The fraction of sp³-hybridized carbons (Fsp3) is 0.562. The van der Waals surface area contributed by atoms with Gasteiger partial charge in [-0.3, -0.25) is 4.90 Å². The quantitative estimate of drug-likeness (QED) is 0.867. The molecule has 0 N–H and O–H groups in total. The van der Waals surface area contributed by atoms with Crippen molar-refractivity contribution in [2.75, 3.05) is 19.8 Å². The van der Waals surface area contributed by atoms with Gasteiger partial charge < -0.3 is 13.8 Å². The summed E-state index contributed by atoms with van der Waals surface area (Å²) < 4.78 is 13.2. The zero-order valence-electron chi connectivity index (χ0n) is 13.0. The summed E-state index contributed by atoms with van der Waals surface area (Å²) in [6.07, 6.45) is 3.00. The first-order chi connectivity index (χ1) is 10.2. The molecule has 1 aliphatic heterocycles. The van der Waals surface area contributed by atoms with Crippen LogP contribution in [0.1, 0.15) is 35.7 Å². The lowest BCUT2D eigenvalue weighted by atomic mass is 10.1. The number of aryl methyl sites for hydroxylation is 3. The van der Waals surface area contributed by atoms with Gasteiger partial charge >= 0.3 is 0 Å². The van der Waals surface area contributed by atoms with E-state index in [-0.39, 0.29) is 6.04 Å². The molecule has 0 aliphatic carbocycles. The van der Waals surface area contributed by atoms with Crippen molar-refractivity contribution in [1.29, 1.82) is 0 Å². The Bertz CT molecular complexity index is 602. The van der Waals surface area contributed by atoms with Crippen LogP contribution >= 0.6 is 0 Å². The highest BCUT2D eigenvalue weighted by Gasteiger charge is 2.28. The number of hydrogen-bond acceptors (Lipinski definition) is 4. The zero-order valence-corrected chi connectivity index (χ0v) is 13.0. The van der Waals surface area contributed by atoms with Gasteiger partial charge in [-0.05, 0) is 25.5 Å². The summed E-state index contributed by atoms with van der Waals surface area (Å²) in [5.74, 6) is 0.934. The fourth-order valence-electron chi connectivity index (χ4n) is 3.04. The van der Waals surface area contributed by atoms with E-state index in [1.54, 1.807) is 0 Å². The van der Waals surface area contributed by atoms with E-state index < -0.39 is 0 Å². The van der Waals surface area contributed by atoms with Gasteiger partial charge in [0.2, 0.25) is 0 Å². The Morgan fingerprint density at radius 1 is 1.43 bits per heavy atom. The van der Waals surface area contributed by atoms with Gasteiger partial charge in [-0.1, -0.05) is 12.1 Å². The maximum atomic E-state index is 5.70. The van der Waals surface area contributed by atoms with E-state index in [4.69, 9.17) is 9.26 Å². The number of nitrogens with zero attached hydrogens (tertiary/aromatic N) is 3. The smallest absolute Gasteiger partial charge is 0.138 e. The molecule has 0 unspecified atom stereocenters. The molecule has 0 saturated carbocycles. The van der Waals surface area contributed by atoms with Crippen LogP contribution in [0.25, 0.3) is 0 Å². The van der Waals surface area contributed by atoms with Crippen molar-refractivity contribution < 1.29 is 9.26 Å². The molecule has 1 atom stereocenters. The molecule has 0 spiro atoms. The number of aromatic nitrogens is 2. The first kappa shape index (κ1) is 14.4. The van der Waals surface area contributed by atoms with Crippen LogP contribution in [0.2, 0.25) is 0 Å². The Balaban J connectivity index is 1.85. The Hall–Kier alpha value is -1.59. The highest BCUT2D eigenvalue weighted by Crippen LogP contribution is 2.27. The molecule has 0 amide bonds. The van der Waals surface area contributed by atoms with Gasteiger partial charge in [0.05, 0.1) is 24.9 Å². The molecule has 0 bridgehead atoms. The van der Waals surface area contributed by atoms with Crippen molar-refractivity contribution in [1.82, 2.24) is 14.6 Å². The predicted octanol–water partition coefficient (Wildman–Crippen LogP) is 2.46. The minimum atomic E-state index is 0.290. The Morgan fingerprint density at radius 3 is 3.00 bits per heavy atom. The van der Waals surface area contributed by atoms with Crippen LogP contribution in [0.4, 0.5) is 0 Å². The van der Waals surface area contributed by atoms with Gasteiger partial charge in [0.1, 0.15) is 5.76 Å². The Kier molecular flexibility index (Phi) is 4.12. The molecule has 21 heavy (non-hydrogen) atoms. The summed E-state index contributed by atoms with van der Waals surface area (Å²) in [5.41, 5.74) is 3.60. The number of morpholine rings is 1. The molecule has 114 valence electrons. The molecule has 3 heterocycles. The molecule has 0 radical (unpaired) electrons. The second kappa shape index (κ2) is 6.03. The monoisotopic (exact) mass is 289 g/mol. The number of ether oxygens (including phenoxy) is 1. The van der Waals surface area contributed by atoms with Crippen LogP contribution in [-0.2, 0) is 24.8 Å². The largest absolute Gasteiger partial charge is 0.378 e. The van der Waals surface area contributed by atoms with Crippen molar-refractivity contribution in [3.63, 3.8) is 0 Å². The van der Waals surface area contributed by atoms with Crippen LogP contribution in [-0.4, -0.2) is 34.4 Å². The van der Waals surface area contributed by atoms with Crippen molar-refractivity contribution in [3.8, 4) is 0 Å². The predicted molar refractivity (Wildman–Crippen MR) is 80.0 cm³/mol.